The third-order valence-corrected chi connectivity index (χ3v) is 5.97. The van der Waals surface area contributed by atoms with E-state index < -0.39 is 10.0 Å². The van der Waals surface area contributed by atoms with Crippen molar-refractivity contribution in [2.45, 2.75) is 18.4 Å². The second kappa shape index (κ2) is 7.67. The van der Waals surface area contributed by atoms with E-state index in [9.17, 15) is 13.2 Å². The van der Waals surface area contributed by atoms with Crippen molar-refractivity contribution in [1.82, 2.24) is 19.1 Å². The Morgan fingerprint density at radius 1 is 1.15 bits per heavy atom. The molecule has 3 rings (SSSR count). The van der Waals surface area contributed by atoms with Crippen LogP contribution in [-0.4, -0.2) is 29.3 Å². The molecule has 0 amide bonds. The van der Waals surface area contributed by atoms with Gasteiger partial charge in [-0.3, -0.25) is 4.57 Å². The number of benzene rings is 2. The topological polar surface area (TPSA) is 86.0 Å². The van der Waals surface area contributed by atoms with E-state index in [1.807, 2.05) is 30.3 Å². The lowest BCUT2D eigenvalue weighted by atomic mass is 10.2. The molecule has 3 aromatic rings. The van der Waals surface area contributed by atoms with E-state index in [0.717, 1.165) is 5.56 Å². The maximum Gasteiger partial charge on any atom is 0.345 e. The zero-order chi connectivity index (χ0) is 19.6. The standard InChI is InChI=1S/C18H19ClN4O3S/c1-13-8-9-15(19)12-16(13)27(25,26)20-10-11-23-18(24)22(2)17(21-23)14-6-4-3-5-7-14/h3-9,12,20H,10-11H2,1-2H3. The molecule has 142 valence electrons. The predicted octanol–water partition coefficient (Wildman–Crippen LogP) is 2.19. The van der Waals surface area contributed by atoms with Gasteiger partial charge in [0, 0.05) is 24.2 Å². The third-order valence-electron chi connectivity index (χ3n) is 4.13. The SMILES string of the molecule is Cc1ccc(Cl)cc1S(=O)(=O)NCCn1nc(-c2ccccc2)n(C)c1=O. The minimum Gasteiger partial charge on any atom is -0.278 e. The van der Waals surface area contributed by atoms with E-state index in [1.165, 1.54) is 15.3 Å². The number of nitrogens with one attached hydrogen (secondary N) is 1. The monoisotopic (exact) mass is 406 g/mol. The van der Waals surface area contributed by atoms with Gasteiger partial charge in [0.2, 0.25) is 10.0 Å². The lowest BCUT2D eigenvalue weighted by Crippen LogP contribution is -2.32. The van der Waals surface area contributed by atoms with Gasteiger partial charge in [0.25, 0.3) is 0 Å². The molecule has 0 aliphatic carbocycles. The lowest BCUT2D eigenvalue weighted by molar-refractivity contribution is 0.550. The van der Waals surface area contributed by atoms with Gasteiger partial charge in [-0.1, -0.05) is 48.0 Å². The minimum atomic E-state index is -3.74. The molecule has 2 aromatic carbocycles. The Hall–Kier alpha value is -2.42. The van der Waals surface area contributed by atoms with Gasteiger partial charge < -0.3 is 0 Å². The van der Waals surface area contributed by atoms with Crippen molar-refractivity contribution < 1.29 is 8.42 Å². The molecule has 0 aliphatic rings. The van der Waals surface area contributed by atoms with Crippen molar-refractivity contribution in [3.05, 3.63) is 69.6 Å². The van der Waals surface area contributed by atoms with Crippen LogP contribution >= 0.6 is 11.6 Å². The number of rotatable bonds is 6. The second-order valence-electron chi connectivity index (χ2n) is 6.06. The Labute approximate surface area is 162 Å². The molecular formula is C18H19ClN4O3S. The molecule has 9 heteroatoms. The quantitative estimate of drug-likeness (QED) is 0.679. The number of sulfonamides is 1. The number of aromatic nitrogens is 3. The zero-order valence-electron chi connectivity index (χ0n) is 14.9. The van der Waals surface area contributed by atoms with Crippen molar-refractivity contribution >= 4 is 21.6 Å². The molecule has 0 saturated carbocycles. The van der Waals surface area contributed by atoms with Crippen LogP contribution in [0.1, 0.15) is 5.56 Å². The van der Waals surface area contributed by atoms with Crippen LogP contribution in [0.25, 0.3) is 11.4 Å². The molecule has 0 saturated heterocycles. The van der Waals surface area contributed by atoms with Crippen LogP contribution in [0.15, 0.2) is 58.2 Å². The van der Waals surface area contributed by atoms with Gasteiger partial charge in [-0.15, -0.1) is 5.10 Å². The lowest BCUT2D eigenvalue weighted by Gasteiger charge is -2.09. The fourth-order valence-corrected chi connectivity index (χ4v) is 4.23. The van der Waals surface area contributed by atoms with E-state index >= 15 is 0 Å². The number of aryl methyl sites for hydroxylation is 1. The number of hydrogen-bond acceptors (Lipinski definition) is 4. The van der Waals surface area contributed by atoms with Crippen LogP contribution in [0.4, 0.5) is 0 Å². The van der Waals surface area contributed by atoms with Crippen LogP contribution in [0.5, 0.6) is 0 Å². The number of halogens is 1. The molecule has 7 nitrogen and oxygen atoms in total. The summed E-state index contributed by atoms with van der Waals surface area (Å²) in [5.41, 5.74) is 1.09. The van der Waals surface area contributed by atoms with Crippen molar-refractivity contribution in [1.29, 1.82) is 0 Å². The van der Waals surface area contributed by atoms with Crippen molar-refractivity contribution in [3.63, 3.8) is 0 Å². The molecule has 1 N–H and O–H groups in total. The Balaban J connectivity index is 1.76. The highest BCUT2D eigenvalue weighted by Crippen LogP contribution is 2.20. The van der Waals surface area contributed by atoms with Crippen molar-refractivity contribution in [3.8, 4) is 11.4 Å². The zero-order valence-corrected chi connectivity index (χ0v) is 16.5. The minimum absolute atomic E-state index is 0.0272. The first-order valence-electron chi connectivity index (χ1n) is 8.24. The van der Waals surface area contributed by atoms with Crippen LogP contribution in [-0.2, 0) is 23.6 Å². The van der Waals surface area contributed by atoms with E-state index in [0.29, 0.717) is 16.4 Å². The molecule has 0 unspecified atom stereocenters. The molecule has 1 heterocycles. The number of nitrogens with zero attached hydrogens (tertiary/aromatic N) is 3. The van der Waals surface area contributed by atoms with Crippen LogP contribution in [0, 0.1) is 6.92 Å². The average Bonchev–Trinajstić information content (AvgIpc) is 2.93. The first-order chi connectivity index (χ1) is 12.8. The summed E-state index contributed by atoms with van der Waals surface area (Å²) in [5, 5.41) is 4.66. The molecule has 0 bridgehead atoms. The Morgan fingerprint density at radius 2 is 1.85 bits per heavy atom. The van der Waals surface area contributed by atoms with Gasteiger partial charge in [-0.2, -0.15) is 0 Å². The normalized spacial score (nSPS) is 11.7. The Morgan fingerprint density at radius 3 is 2.56 bits per heavy atom. The van der Waals surface area contributed by atoms with Gasteiger partial charge in [0.1, 0.15) is 0 Å². The van der Waals surface area contributed by atoms with E-state index in [-0.39, 0.29) is 23.7 Å². The van der Waals surface area contributed by atoms with Crippen LogP contribution < -0.4 is 10.4 Å². The Kier molecular flexibility index (Phi) is 5.50. The highest BCUT2D eigenvalue weighted by atomic mass is 35.5. The second-order valence-corrected chi connectivity index (χ2v) is 8.23. The van der Waals surface area contributed by atoms with E-state index in [1.54, 1.807) is 26.1 Å². The van der Waals surface area contributed by atoms with Gasteiger partial charge in [0.05, 0.1) is 11.4 Å². The molecule has 1 aromatic heterocycles. The first kappa shape index (κ1) is 19.3. The molecule has 0 aliphatic heterocycles. The third kappa shape index (κ3) is 4.13. The molecule has 0 spiro atoms. The summed E-state index contributed by atoms with van der Waals surface area (Å²) in [6, 6.07) is 14.0. The van der Waals surface area contributed by atoms with Gasteiger partial charge in [-0.25, -0.2) is 22.6 Å². The first-order valence-corrected chi connectivity index (χ1v) is 10.1. The van der Waals surface area contributed by atoms with Crippen LogP contribution in [0.2, 0.25) is 5.02 Å². The summed E-state index contributed by atoms with van der Waals surface area (Å²) in [5.74, 6) is 0.522. The molecule has 0 fully saturated rings. The molecule has 0 radical (unpaired) electrons. The summed E-state index contributed by atoms with van der Waals surface area (Å²) in [7, 11) is -2.10. The molecule has 27 heavy (non-hydrogen) atoms. The van der Waals surface area contributed by atoms with Crippen LogP contribution in [0.3, 0.4) is 0 Å². The molecule has 0 atom stereocenters. The van der Waals surface area contributed by atoms with Gasteiger partial charge >= 0.3 is 5.69 Å². The smallest absolute Gasteiger partial charge is 0.278 e. The van der Waals surface area contributed by atoms with Crippen molar-refractivity contribution in [2.75, 3.05) is 6.54 Å². The Bertz CT molecular complexity index is 1120. The van der Waals surface area contributed by atoms with Gasteiger partial charge in [-0.05, 0) is 24.6 Å². The number of hydrogen-bond donors (Lipinski definition) is 1. The summed E-state index contributed by atoms with van der Waals surface area (Å²) >= 11 is 5.90. The largest absolute Gasteiger partial charge is 0.345 e. The molecular weight excluding hydrogens is 388 g/mol. The summed E-state index contributed by atoms with van der Waals surface area (Å²) in [6.45, 7) is 1.83. The van der Waals surface area contributed by atoms with E-state index in [4.69, 9.17) is 11.6 Å². The maximum absolute atomic E-state index is 12.5. The fraction of sp³-hybridized carbons (Fsp3) is 0.222. The van der Waals surface area contributed by atoms with E-state index in [2.05, 4.69) is 9.82 Å². The average molecular weight is 407 g/mol. The highest BCUT2D eigenvalue weighted by molar-refractivity contribution is 7.89. The summed E-state index contributed by atoms with van der Waals surface area (Å²) in [4.78, 5) is 12.5. The summed E-state index contributed by atoms with van der Waals surface area (Å²) < 4.78 is 30.2. The predicted molar refractivity (Wildman–Crippen MR) is 104 cm³/mol. The maximum atomic E-state index is 12.5. The highest BCUT2D eigenvalue weighted by Gasteiger charge is 2.18. The fourth-order valence-electron chi connectivity index (χ4n) is 2.70. The summed E-state index contributed by atoms with van der Waals surface area (Å²) in [6.07, 6.45) is 0. The van der Waals surface area contributed by atoms with Gasteiger partial charge in [0.15, 0.2) is 5.82 Å². The van der Waals surface area contributed by atoms with Crippen molar-refractivity contribution in [2.24, 2.45) is 7.05 Å².